The van der Waals surface area contributed by atoms with Gasteiger partial charge in [-0.2, -0.15) is 13.2 Å². The van der Waals surface area contributed by atoms with E-state index in [2.05, 4.69) is 5.32 Å². The highest BCUT2D eigenvalue weighted by Crippen LogP contribution is 2.27. The standard InChI is InChI=1S/C13H23F3N2O2/c1-12(17,13(14,15)16)11(19)18-8-5-9-20-10-6-3-2-4-7-10/h10H,2-9,17H2,1H3,(H,18,19). The fourth-order valence-corrected chi connectivity index (χ4v) is 2.07. The van der Waals surface area contributed by atoms with Crippen LogP contribution in [0.4, 0.5) is 13.2 Å². The van der Waals surface area contributed by atoms with Crippen LogP contribution >= 0.6 is 0 Å². The fourth-order valence-electron chi connectivity index (χ4n) is 2.07. The van der Waals surface area contributed by atoms with Gasteiger partial charge in [0.15, 0.2) is 5.54 Å². The van der Waals surface area contributed by atoms with Gasteiger partial charge >= 0.3 is 6.18 Å². The first-order valence-electron chi connectivity index (χ1n) is 7.00. The third-order valence-electron chi connectivity index (χ3n) is 3.57. The summed E-state index contributed by atoms with van der Waals surface area (Å²) in [5.74, 6) is -1.21. The molecule has 1 saturated carbocycles. The Kier molecular flexibility index (Phi) is 6.26. The molecule has 1 aliphatic carbocycles. The highest BCUT2D eigenvalue weighted by molar-refractivity contribution is 5.86. The molecular weight excluding hydrogens is 273 g/mol. The van der Waals surface area contributed by atoms with E-state index < -0.39 is 17.6 Å². The van der Waals surface area contributed by atoms with Crippen molar-refractivity contribution in [2.75, 3.05) is 13.2 Å². The summed E-state index contributed by atoms with van der Waals surface area (Å²) in [5.41, 5.74) is 2.15. The van der Waals surface area contributed by atoms with Gasteiger partial charge in [0.2, 0.25) is 5.91 Å². The third kappa shape index (κ3) is 4.94. The van der Waals surface area contributed by atoms with Crippen LogP contribution in [0.2, 0.25) is 0 Å². The molecule has 0 bridgehead atoms. The molecule has 118 valence electrons. The molecule has 0 spiro atoms. The zero-order chi connectivity index (χ0) is 15.2. The van der Waals surface area contributed by atoms with Crippen molar-refractivity contribution in [1.29, 1.82) is 0 Å². The summed E-state index contributed by atoms with van der Waals surface area (Å²) in [7, 11) is 0. The predicted molar refractivity (Wildman–Crippen MR) is 69.1 cm³/mol. The molecule has 1 unspecified atom stereocenters. The molecule has 0 radical (unpaired) electrons. The van der Waals surface area contributed by atoms with Gasteiger partial charge in [0.25, 0.3) is 0 Å². The van der Waals surface area contributed by atoms with Crippen molar-refractivity contribution in [3.05, 3.63) is 0 Å². The minimum atomic E-state index is -4.75. The minimum absolute atomic E-state index is 0.133. The van der Waals surface area contributed by atoms with Crippen LogP contribution in [0.25, 0.3) is 0 Å². The number of hydrogen-bond donors (Lipinski definition) is 2. The molecule has 0 aromatic heterocycles. The predicted octanol–water partition coefficient (Wildman–Crippen LogP) is 2.12. The van der Waals surface area contributed by atoms with Gasteiger partial charge in [0.05, 0.1) is 6.10 Å². The number of ether oxygens (including phenoxy) is 1. The lowest BCUT2D eigenvalue weighted by Crippen LogP contribution is -2.61. The van der Waals surface area contributed by atoms with Gasteiger partial charge in [-0.05, 0) is 26.2 Å². The van der Waals surface area contributed by atoms with E-state index >= 15 is 0 Å². The second-order valence-corrected chi connectivity index (χ2v) is 5.44. The quantitative estimate of drug-likeness (QED) is 0.738. The fraction of sp³-hybridized carbons (Fsp3) is 0.923. The largest absolute Gasteiger partial charge is 0.415 e. The summed E-state index contributed by atoms with van der Waals surface area (Å²) < 4.78 is 43.1. The summed E-state index contributed by atoms with van der Waals surface area (Å²) in [5, 5.41) is 2.20. The van der Waals surface area contributed by atoms with Crippen LogP contribution in [0.5, 0.6) is 0 Å². The molecule has 1 atom stereocenters. The van der Waals surface area contributed by atoms with Gasteiger partial charge in [0.1, 0.15) is 0 Å². The second-order valence-electron chi connectivity index (χ2n) is 5.44. The molecule has 0 aliphatic heterocycles. The Morgan fingerprint density at radius 3 is 2.45 bits per heavy atom. The Morgan fingerprint density at radius 1 is 1.30 bits per heavy atom. The zero-order valence-electron chi connectivity index (χ0n) is 11.8. The molecule has 3 N–H and O–H groups in total. The lowest BCUT2D eigenvalue weighted by molar-refractivity contribution is -0.187. The molecule has 0 heterocycles. The SMILES string of the molecule is CC(N)(C(=O)NCCCOC1CCCCC1)C(F)(F)F. The number of nitrogens with two attached hydrogens (primary N) is 1. The van der Waals surface area contributed by atoms with E-state index in [0.717, 1.165) is 12.8 Å². The molecular formula is C13H23F3N2O2. The number of rotatable bonds is 6. The molecule has 1 fully saturated rings. The van der Waals surface area contributed by atoms with Gasteiger partial charge in [0, 0.05) is 13.2 Å². The normalized spacial score (nSPS) is 20.4. The monoisotopic (exact) mass is 296 g/mol. The smallest absolute Gasteiger partial charge is 0.378 e. The number of nitrogens with one attached hydrogen (secondary N) is 1. The first kappa shape index (κ1) is 17.2. The maximum absolute atomic E-state index is 12.5. The number of carbonyl (C=O) groups is 1. The molecule has 20 heavy (non-hydrogen) atoms. The van der Waals surface area contributed by atoms with Crippen LogP contribution in [0.3, 0.4) is 0 Å². The van der Waals surface area contributed by atoms with Gasteiger partial charge < -0.3 is 15.8 Å². The lowest BCUT2D eigenvalue weighted by Gasteiger charge is -2.26. The molecule has 0 saturated heterocycles. The van der Waals surface area contributed by atoms with Crippen molar-refractivity contribution in [2.24, 2.45) is 5.73 Å². The minimum Gasteiger partial charge on any atom is -0.378 e. The molecule has 0 aromatic carbocycles. The number of carbonyl (C=O) groups excluding carboxylic acids is 1. The molecule has 1 rings (SSSR count). The highest BCUT2D eigenvalue weighted by atomic mass is 19.4. The summed E-state index contributed by atoms with van der Waals surface area (Å²) in [4.78, 5) is 11.4. The number of hydrogen-bond acceptors (Lipinski definition) is 3. The Balaban J connectivity index is 2.16. The highest BCUT2D eigenvalue weighted by Gasteiger charge is 2.53. The Hall–Kier alpha value is -0.820. The zero-order valence-corrected chi connectivity index (χ0v) is 11.8. The number of halogens is 3. The van der Waals surface area contributed by atoms with E-state index in [1.54, 1.807) is 0 Å². The molecule has 1 aliphatic rings. The van der Waals surface area contributed by atoms with Crippen molar-refractivity contribution in [2.45, 2.75) is 63.3 Å². The molecule has 7 heteroatoms. The van der Waals surface area contributed by atoms with Crippen LogP contribution in [0.1, 0.15) is 45.4 Å². The average molecular weight is 296 g/mol. The van der Waals surface area contributed by atoms with Gasteiger partial charge in [-0.1, -0.05) is 19.3 Å². The molecule has 4 nitrogen and oxygen atoms in total. The van der Waals surface area contributed by atoms with E-state index in [1.807, 2.05) is 0 Å². The average Bonchev–Trinajstić information content (AvgIpc) is 2.38. The summed E-state index contributed by atoms with van der Waals surface area (Å²) in [6.07, 6.45) is 1.64. The number of alkyl halides is 3. The number of amides is 1. The van der Waals surface area contributed by atoms with Crippen molar-refractivity contribution in [3.63, 3.8) is 0 Å². The van der Waals surface area contributed by atoms with Gasteiger partial charge in [-0.3, -0.25) is 4.79 Å². The third-order valence-corrected chi connectivity index (χ3v) is 3.57. The topological polar surface area (TPSA) is 64.4 Å². The van der Waals surface area contributed by atoms with Gasteiger partial charge in [-0.15, -0.1) is 0 Å². The van der Waals surface area contributed by atoms with E-state index in [4.69, 9.17) is 10.5 Å². The van der Waals surface area contributed by atoms with Gasteiger partial charge in [-0.25, -0.2) is 0 Å². The molecule has 0 aromatic rings. The van der Waals surface area contributed by atoms with Crippen LogP contribution in [0.15, 0.2) is 0 Å². The maximum atomic E-state index is 12.5. The van der Waals surface area contributed by atoms with Crippen LogP contribution in [0, 0.1) is 0 Å². The van der Waals surface area contributed by atoms with E-state index in [9.17, 15) is 18.0 Å². The first-order valence-corrected chi connectivity index (χ1v) is 7.00. The summed E-state index contributed by atoms with van der Waals surface area (Å²) in [6, 6.07) is 0. The van der Waals surface area contributed by atoms with Crippen molar-refractivity contribution in [3.8, 4) is 0 Å². The Labute approximate surface area is 117 Å². The van der Waals surface area contributed by atoms with Crippen LogP contribution in [-0.2, 0) is 9.53 Å². The first-order chi connectivity index (χ1) is 9.25. The van der Waals surface area contributed by atoms with E-state index in [-0.39, 0.29) is 12.6 Å². The lowest BCUT2D eigenvalue weighted by atomic mass is 9.98. The van der Waals surface area contributed by atoms with Crippen LogP contribution < -0.4 is 11.1 Å². The summed E-state index contributed by atoms with van der Waals surface area (Å²) >= 11 is 0. The van der Waals surface area contributed by atoms with Crippen molar-refractivity contribution < 1.29 is 22.7 Å². The Morgan fingerprint density at radius 2 is 1.90 bits per heavy atom. The van der Waals surface area contributed by atoms with E-state index in [0.29, 0.717) is 20.0 Å². The summed E-state index contributed by atoms with van der Waals surface area (Å²) in [6.45, 7) is 1.24. The van der Waals surface area contributed by atoms with Crippen LogP contribution in [-0.4, -0.2) is 36.9 Å². The van der Waals surface area contributed by atoms with Crippen molar-refractivity contribution in [1.82, 2.24) is 5.32 Å². The Bertz CT molecular complexity index is 313. The second kappa shape index (κ2) is 7.26. The van der Waals surface area contributed by atoms with E-state index in [1.165, 1.54) is 19.3 Å². The van der Waals surface area contributed by atoms with Crippen molar-refractivity contribution >= 4 is 5.91 Å². The molecule has 1 amide bonds. The maximum Gasteiger partial charge on any atom is 0.415 e.